The van der Waals surface area contributed by atoms with Crippen molar-refractivity contribution in [2.24, 2.45) is 5.10 Å². The number of nitrogens with one attached hydrogen (secondary N) is 2. The summed E-state index contributed by atoms with van der Waals surface area (Å²) < 4.78 is 32.8. The molecule has 0 amide bonds. The molecule has 12 heteroatoms. The van der Waals surface area contributed by atoms with Crippen LogP contribution in [-0.2, 0) is 0 Å². The van der Waals surface area contributed by atoms with E-state index >= 15 is 0 Å². The lowest BCUT2D eigenvalue weighted by Crippen LogP contribution is -2.24. The molecule has 0 aliphatic carbocycles. The molecule has 0 saturated heterocycles. The summed E-state index contributed by atoms with van der Waals surface area (Å²) in [5.74, 6) is 2.68. The highest BCUT2D eigenvalue weighted by Gasteiger charge is 2.22. The van der Waals surface area contributed by atoms with Gasteiger partial charge in [-0.25, -0.2) is 10.1 Å². The number of H-pyrrole nitrogens is 1. The summed E-state index contributed by atoms with van der Waals surface area (Å²) in [4.78, 5) is 17.7. The predicted octanol–water partition coefficient (Wildman–Crippen LogP) is 3.75. The van der Waals surface area contributed by atoms with E-state index in [-0.39, 0.29) is 11.4 Å². The van der Waals surface area contributed by atoms with Crippen molar-refractivity contribution in [3.8, 4) is 45.9 Å². The van der Waals surface area contributed by atoms with Crippen LogP contribution in [0.5, 0.6) is 34.5 Å². The average Bonchev–Trinajstić information content (AvgIpc) is 3.00. The molecule has 0 aliphatic rings. The van der Waals surface area contributed by atoms with E-state index in [1.165, 1.54) is 42.7 Å². The van der Waals surface area contributed by atoms with Crippen LogP contribution in [-0.4, -0.2) is 63.6 Å². The quantitative estimate of drug-likeness (QED) is 0.211. The Labute approximate surface area is 230 Å². The SMILES string of the molecule is COc1cc(N/N=C(\c2cc(OC)c(OC)c(OC)c2)c2nc(-c3ccccc3)n[nH]c2=O)cc(OC)c1OC. The van der Waals surface area contributed by atoms with E-state index in [9.17, 15) is 4.79 Å². The van der Waals surface area contributed by atoms with Gasteiger partial charge in [-0.2, -0.15) is 10.2 Å². The smallest absolute Gasteiger partial charge is 0.292 e. The number of hydrogen-bond acceptors (Lipinski definition) is 11. The third kappa shape index (κ3) is 5.60. The second-order valence-corrected chi connectivity index (χ2v) is 8.10. The summed E-state index contributed by atoms with van der Waals surface area (Å²) in [6, 6.07) is 15.9. The zero-order valence-corrected chi connectivity index (χ0v) is 22.9. The summed E-state index contributed by atoms with van der Waals surface area (Å²) in [5, 5.41) is 11.2. The number of ether oxygens (including phenoxy) is 6. The van der Waals surface area contributed by atoms with E-state index in [1.54, 1.807) is 24.3 Å². The van der Waals surface area contributed by atoms with Gasteiger partial charge in [-0.3, -0.25) is 10.2 Å². The second kappa shape index (κ2) is 12.5. The van der Waals surface area contributed by atoms with E-state index in [2.05, 4.69) is 25.7 Å². The monoisotopic (exact) mass is 547 g/mol. The number of benzene rings is 3. The molecule has 1 heterocycles. The molecule has 40 heavy (non-hydrogen) atoms. The van der Waals surface area contributed by atoms with E-state index in [0.717, 1.165) is 0 Å². The van der Waals surface area contributed by atoms with Crippen LogP contribution >= 0.6 is 0 Å². The molecule has 0 radical (unpaired) electrons. The van der Waals surface area contributed by atoms with Gasteiger partial charge in [-0.05, 0) is 12.1 Å². The number of rotatable bonds is 11. The van der Waals surface area contributed by atoms with Crippen molar-refractivity contribution in [3.05, 3.63) is 76.2 Å². The maximum Gasteiger partial charge on any atom is 0.292 e. The summed E-state index contributed by atoms with van der Waals surface area (Å²) in [5.41, 5.74) is 4.26. The lowest BCUT2D eigenvalue weighted by molar-refractivity contribution is 0.324. The minimum Gasteiger partial charge on any atom is -0.493 e. The number of anilines is 1. The van der Waals surface area contributed by atoms with E-state index in [1.807, 2.05) is 30.3 Å². The molecule has 208 valence electrons. The van der Waals surface area contributed by atoms with Crippen molar-refractivity contribution < 1.29 is 28.4 Å². The lowest BCUT2D eigenvalue weighted by atomic mass is 10.1. The largest absolute Gasteiger partial charge is 0.493 e. The fraction of sp³-hybridized carbons (Fsp3) is 0.214. The first kappa shape index (κ1) is 27.8. The topological polar surface area (TPSA) is 138 Å². The fourth-order valence-corrected chi connectivity index (χ4v) is 3.95. The minimum atomic E-state index is -0.557. The van der Waals surface area contributed by atoms with Crippen LogP contribution in [0.15, 0.2) is 64.5 Å². The van der Waals surface area contributed by atoms with E-state index < -0.39 is 5.56 Å². The molecule has 0 aliphatic heterocycles. The predicted molar refractivity (Wildman–Crippen MR) is 150 cm³/mol. The van der Waals surface area contributed by atoms with Gasteiger partial charge in [-0.1, -0.05) is 30.3 Å². The molecular weight excluding hydrogens is 518 g/mol. The highest BCUT2D eigenvalue weighted by atomic mass is 16.5. The molecular formula is C28H29N5O7. The summed E-state index contributed by atoms with van der Waals surface area (Å²) >= 11 is 0. The highest BCUT2D eigenvalue weighted by Crippen LogP contribution is 2.41. The standard InChI is InChI=1S/C28H29N5O7/c1-35-19-12-17(13-20(36-2)25(19)39-5)23(24-28(34)33-32-27(29-24)16-10-8-7-9-11-16)31-30-18-14-21(37-3)26(40-6)22(15-18)38-4/h7-15,30H,1-6H3,(H,33,34)/b31-23+. The molecule has 0 atom stereocenters. The van der Waals surface area contributed by atoms with Gasteiger partial charge in [0.1, 0.15) is 5.71 Å². The maximum atomic E-state index is 13.1. The summed E-state index contributed by atoms with van der Waals surface area (Å²) in [7, 11) is 9.03. The van der Waals surface area contributed by atoms with Crippen LogP contribution in [0, 0.1) is 0 Å². The Balaban J connectivity index is 1.93. The van der Waals surface area contributed by atoms with Crippen LogP contribution in [0.1, 0.15) is 11.3 Å². The molecule has 4 rings (SSSR count). The first-order valence-corrected chi connectivity index (χ1v) is 11.9. The third-order valence-corrected chi connectivity index (χ3v) is 5.85. The molecule has 12 nitrogen and oxygen atoms in total. The van der Waals surface area contributed by atoms with Crippen LogP contribution in [0.2, 0.25) is 0 Å². The molecule has 0 fully saturated rings. The van der Waals surface area contributed by atoms with Crippen molar-refractivity contribution in [1.29, 1.82) is 0 Å². The van der Waals surface area contributed by atoms with Gasteiger partial charge in [0.15, 0.2) is 34.5 Å². The zero-order valence-electron chi connectivity index (χ0n) is 22.9. The molecule has 0 spiro atoms. The Morgan fingerprint density at radius 1 is 0.750 bits per heavy atom. The van der Waals surface area contributed by atoms with Crippen LogP contribution < -0.4 is 39.4 Å². The van der Waals surface area contributed by atoms with Crippen LogP contribution in [0.3, 0.4) is 0 Å². The number of hydrazone groups is 1. The summed E-state index contributed by atoms with van der Waals surface area (Å²) in [6.45, 7) is 0. The van der Waals surface area contributed by atoms with Crippen LogP contribution in [0.25, 0.3) is 11.4 Å². The molecule has 0 bridgehead atoms. The van der Waals surface area contributed by atoms with Gasteiger partial charge in [0.05, 0.1) is 48.3 Å². The second-order valence-electron chi connectivity index (χ2n) is 8.10. The van der Waals surface area contributed by atoms with Gasteiger partial charge >= 0.3 is 0 Å². The fourth-order valence-electron chi connectivity index (χ4n) is 3.95. The van der Waals surface area contributed by atoms with E-state index in [0.29, 0.717) is 57.1 Å². The Kier molecular flexibility index (Phi) is 8.69. The van der Waals surface area contributed by atoms with Crippen molar-refractivity contribution in [2.75, 3.05) is 48.1 Å². The van der Waals surface area contributed by atoms with Crippen molar-refractivity contribution in [3.63, 3.8) is 0 Å². The molecule has 3 aromatic carbocycles. The molecule has 1 aromatic heterocycles. The van der Waals surface area contributed by atoms with Crippen molar-refractivity contribution >= 4 is 11.4 Å². The van der Waals surface area contributed by atoms with Gasteiger partial charge < -0.3 is 28.4 Å². The number of methoxy groups -OCH3 is 6. The Morgan fingerprint density at radius 3 is 1.77 bits per heavy atom. The van der Waals surface area contributed by atoms with Crippen molar-refractivity contribution in [1.82, 2.24) is 15.2 Å². The number of aromatic nitrogens is 3. The van der Waals surface area contributed by atoms with Gasteiger partial charge in [0.2, 0.25) is 11.5 Å². The molecule has 0 saturated carbocycles. The van der Waals surface area contributed by atoms with E-state index in [4.69, 9.17) is 28.4 Å². The number of aromatic amines is 1. The summed E-state index contributed by atoms with van der Waals surface area (Å²) in [6.07, 6.45) is 0. The Morgan fingerprint density at radius 2 is 1.27 bits per heavy atom. The normalized spacial score (nSPS) is 11.0. The molecule has 2 N–H and O–H groups in total. The average molecular weight is 548 g/mol. The zero-order chi connectivity index (χ0) is 28.6. The lowest BCUT2D eigenvalue weighted by Gasteiger charge is -2.16. The van der Waals surface area contributed by atoms with Crippen LogP contribution in [0.4, 0.5) is 5.69 Å². The molecule has 0 unspecified atom stereocenters. The van der Waals surface area contributed by atoms with Gasteiger partial charge in [0.25, 0.3) is 5.56 Å². The van der Waals surface area contributed by atoms with Gasteiger partial charge in [-0.15, -0.1) is 0 Å². The first-order valence-electron chi connectivity index (χ1n) is 11.9. The van der Waals surface area contributed by atoms with Gasteiger partial charge in [0, 0.05) is 23.3 Å². The first-order chi connectivity index (χ1) is 19.5. The number of nitrogens with zero attached hydrogens (tertiary/aromatic N) is 3. The Bertz CT molecular complexity index is 1520. The number of hydrogen-bond donors (Lipinski definition) is 2. The minimum absolute atomic E-state index is 0.00284. The third-order valence-electron chi connectivity index (χ3n) is 5.85. The van der Waals surface area contributed by atoms with Crippen molar-refractivity contribution in [2.45, 2.75) is 0 Å². The Hall–Kier alpha value is -5.26. The highest BCUT2D eigenvalue weighted by molar-refractivity contribution is 6.12. The molecule has 4 aromatic rings. The maximum absolute atomic E-state index is 13.1.